The molecule has 0 N–H and O–H groups in total. The first-order valence-electron chi connectivity index (χ1n) is 3.76. The SMILES string of the molecule is CC(=O)CC(C=C(C)C)CCl. The molecule has 0 saturated carbocycles. The lowest BCUT2D eigenvalue weighted by atomic mass is 10.0. The molecule has 0 fully saturated rings. The monoisotopic (exact) mass is 174 g/mol. The minimum Gasteiger partial charge on any atom is -0.300 e. The lowest BCUT2D eigenvalue weighted by molar-refractivity contribution is -0.117. The van der Waals surface area contributed by atoms with Crippen LogP contribution in [0.4, 0.5) is 0 Å². The number of allylic oxidation sites excluding steroid dienone is 2. The molecule has 0 aliphatic rings. The van der Waals surface area contributed by atoms with Crippen molar-refractivity contribution >= 4 is 17.4 Å². The number of ketones is 1. The molecule has 0 heterocycles. The second-order valence-corrected chi connectivity index (χ2v) is 3.37. The largest absolute Gasteiger partial charge is 0.300 e. The second kappa shape index (κ2) is 5.36. The fourth-order valence-electron chi connectivity index (χ4n) is 0.999. The molecule has 0 aromatic heterocycles. The number of carbonyl (C=O) groups is 1. The molecule has 11 heavy (non-hydrogen) atoms. The normalized spacial score (nSPS) is 12.4. The maximum Gasteiger partial charge on any atom is 0.130 e. The zero-order chi connectivity index (χ0) is 8.85. The number of halogens is 1. The van der Waals surface area contributed by atoms with Crippen LogP contribution in [0.2, 0.25) is 0 Å². The predicted octanol–water partition coefficient (Wildman–Crippen LogP) is 2.79. The highest BCUT2D eigenvalue weighted by Gasteiger charge is 2.05. The van der Waals surface area contributed by atoms with Gasteiger partial charge in [0.2, 0.25) is 0 Å². The van der Waals surface area contributed by atoms with E-state index in [0.29, 0.717) is 12.3 Å². The average molecular weight is 175 g/mol. The zero-order valence-electron chi connectivity index (χ0n) is 7.36. The Bertz CT molecular complexity index is 157. The van der Waals surface area contributed by atoms with Gasteiger partial charge in [-0.15, -0.1) is 11.6 Å². The Hall–Kier alpha value is -0.300. The van der Waals surface area contributed by atoms with E-state index in [-0.39, 0.29) is 11.7 Å². The third-order valence-corrected chi connectivity index (χ3v) is 1.71. The molecule has 0 aromatic carbocycles. The molecular weight excluding hydrogens is 160 g/mol. The predicted molar refractivity (Wildman–Crippen MR) is 48.9 cm³/mol. The summed E-state index contributed by atoms with van der Waals surface area (Å²) >= 11 is 5.66. The summed E-state index contributed by atoms with van der Waals surface area (Å²) < 4.78 is 0. The van der Waals surface area contributed by atoms with Crippen LogP contribution < -0.4 is 0 Å². The molecule has 0 aliphatic heterocycles. The van der Waals surface area contributed by atoms with Gasteiger partial charge in [0.1, 0.15) is 5.78 Å². The Morgan fingerprint density at radius 3 is 2.27 bits per heavy atom. The van der Waals surface area contributed by atoms with Gasteiger partial charge in [0.25, 0.3) is 0 Å². The summed E-state index contributed by atoms with van der Waals surface area (Å²) in [7, 11) is 0. The van der Waals surface area contributed by atoms with E-state index in [1.165, 1.54) is 5.57 Å². The molecule has 0 spiro atoms. The van der Waals surface area contributed by atoms with Gasteiger partial charge >= 0.3 is 0 Å². The number of Topliss-reactive ketones (excluding diaryl/α,β-unsaturated/α-hetero) is 1. The summed E-state index contributed by atoms with van der Waals surface area (Å²) in [5.74, 6) is 0.956. The molecule has 1 atom stereocenters. The number of alkyl halides is 1. The molecule has 1 nitrogen and oxygen atoms in total. The highest BCUT2D eigenvalue weighted by Crippen LogP contribution is 2.10. The molecule has 1 unspecified atom stereocenters. The minimum atomic E-state index is 0.202. The highest BCUT2D eigenvalue weighted by molar-refractivity contribution is 6.18. The maximum absolute atomic E-state index is 10.7. The second-order valence-electron chi connectivity index (χ2n) is 3.06. The molecular formula is C9H15ClO. The molecule has 0 aliphatic carbocycles. The van der Waals surface area contributed by atoms with E-state index in [9.17, 15) is 4.79 Å². The lowest BCUT2D eigenvalue weighted by Crippen LogP contribution is -2.04. The topological polar surface area (TPSA) is 17.1 Å². The van der Waals surface area contributed by atoms with E-state index >= 15 is 0 Å². The summed E-state index contributed by atoms with van der Waals surface area (Å²) in [5, 5.41) is 0. The van der Waals surface area contributed by atoms with Crippen LogP contribution in [0.15, 0.2) is 11.6 Å². The van der Waals surface area contributed by atoms with Crippen LogP contribution in [-0.4, -0.2) is 11.7 Å². The number of carbonyl (C=O) groups excluding carboxylic acids is 1. The molecule has 0 bridgehead atoms. The van der Waals surface area contributed by atoms with E-state index < -0.39 is 0 Å². The van der Waals surface area contributed by atoms with E-state index in [1.54, 1.807) is 6.92 Å². The van der Waals surface area contributed by atoms with Crippen molar-refractivity contribution in [3.8, 4) is 0 Å². The van der Waals surface area contributed by atoms with Crippen LogP contribution in [0.3, 0.4) is 0 Å². The average Bonchev–Trinajstić information content (AvgIpc) is 1.84. The minimum absolute atomic E-state index is 0.202. The van der Waals surface area contributed by atoms with Crippen molar-refractivity contribution in [2.24, 2.45) is 5.92 Å². The third kappa shape index (κ3) is 6.11. The van der Waals surface area contributed by atoms with Crippen LogP contribution in [0.25, 0.3) is 0 Å². The Balaban J connectivity index is 3.96. The standard InChI is InChI=1S/C9H15ClO/c1-7(2)4-9(6-10)5-8(3)11/h4,9H,5-6H2,1-3H3. The van der Waals surface area contributed by atoms with Crippen molar-refractivity contribution in [3.63, 3.8) is 0 Å². The molecule has 0 aromatic rings. The van der Waals surface area contributed by atoms with Gasteiger partial charge in [-0.3, -0.25) is 0 Å². The molecule has 0 amide bonds. The van der Waals surface area contributed by atoms with Crippen molar-refractivity contribution in [2.45, 2.75) is 27.2 Å². The molecule has 0 rings (SSSR count). The number of hydrogen-bond acceptors (Lipinski definition) is 1. The van der Waals surface area contributed by atoms with E-state index in [2.05, 4.69) is 6.08 Å². The van der Waals surface area contributed by atoms with Crippen molar-refractivity contribution in [1.29, 1.82) is 0 Å². The van der Waals surface area contributed by atoms with Crippen molar-refractivity contribution in [1.82, 2.24) is 0 Å². The van der Waals surface area contributed by atoms with Crippen molar-refractivity contribution in [2.75, 3.05) is 5.88 Å². The van der Waals surface area contributed by atoms with Crippen LogP contribution >= 0.6 is 11.6 Å². The highest BCUT2D eigenvalue weighted by atomic mass is 35.5. The summed E-state index contributed by atoms with van der Waals surface area (Å²) in [5.41, 5.74) is 1.22. The van der Waals surface area contributed by atoms with Crippen LogP contribution in [-0.2, 0) is 4.79 Å². The lowest BCUT2D eigenvalue weighted by Gasteiger charge is -2.06. The van der Waals surface area contributed by atoms with Gasteiger partial charge in [-0.05, 0) is 26.7 Å². The summed E-state index contributed by atoms with van der Waals surface area (Å²) in [6.07, 6.45) is 2.61. The fraction of sp³-hybridized carbons (Fsp3) is 0.667. The Kier molecular flexibility index (Phi) is 5.22. The number of hydrogen-bond donors (Lipinski definition) is 0. The third-order valence-electron chi connectivity index (χ3n) is 1.32. The first-order chi connectivity index (χ1) is 5.06. The zero-order valence-corrected chi connectivity index (χ0v) is 8.11. The fourth-order valence-corrected chi connectivity index (χ4v) is 1.20. The van der Waals surface area contributed by atoms with Crippen molar-refractivity contribution < 1.29 is 4.79 Å². The van der Waals surface area contributed by atoms with Gasteiger partial charge in [-0.25, -0.2) is 0 Å². The molecule has 0 radical (unpaired) electrons. The summed E-state index contributed by atoms with van der Waals surface area (Å²) in [6.45, 7) is 5.62. The molecule has 64 valence electrons. The van der Waals surface area contributed by atoms with Crippen LogP contribution in [0, 0.1) is 5.92 Å². The van der Waals surface area contributed by atoms with Gasteiger partial charge < -0.3 is 4.79 Å². The summed E-state index contributed by atoms with van der Waals surface area (Å²) in [4.78, 5) is 10.7. The van der Waals surface area contributed by atoms with Crippen molar-refractivity contribution in [3.05, 3.63) is 11.6 Å². The van der Waals surface area contributed by atoms with Gasteiger partial charge in [0.15, 0.2) is 0 Å². The smallest absolute Gasteiger partial charge is 0.130 e. The van der Waals surface area contributed by atoms with E-state index in [0.717, 1.165) is 0 Å². The first-order valence-corrected chi connectivity index (χ1v) is 4.30. The quantitative estimate of drug-likeness (QED) is 0.473. The van der Waals surface area contributed by atoms with E-state index in [1.807, 2.05) is 13.8 Å². The van der Waals surface area contributed by atoms with Gasteiger partial charge in [-0.1, -0.05) is 11.6 Å². The van der Waals surface area contributed by atoms with E-state index in [4.69, 9.17) is 11.6 Å². The van der Waals surface area contributed by atoms with Gasteiger partial charge in [0, 0.05) is 12.3 Å². The summed E-state index contributed by atoms with van der Waals surface area (Å²) in [6, 6.07) is 0. The van der Waals surface area contributed by atoms with Crippen LogP contribution in [0.5, 0.6) is 0 Å². The number of rotatable bonds is 4. The Morgan fingerprint density at radius 1 is 1.45 bits per heavy atom. The maximum atomic E-state index is 10.7. The van der Waals surface area contributed by atoms with Gasteiger partial charge in [0.05, 0.1) is 0 Å². The Labute approximate surface area is 73.4 Å². The molecule has 2 heteroatoms. The Morgan fingerprint density at radius 2 is 2.00 bits per heavy atom. The first kappa shape index (κ1) is 10.7. The van der Waals surface area contributed by atoms with Gasteiger partial charge in [-0.2, -0.15) is 0 Å². The molecule has 0 saturated heterocycles. The van der Waals surface area contributed by atoms with Crippen LogP contribution in [0.1, 0.15) is 27.2 Å².